The quantitative estimate of drug-likeness (QED) is 0.509. The maximum absolute atomic E-state index is 12.3. The molecule has 4 rings (SSSR count). The van der Waals surface area contributed by atoms with Gasteiger partial charge in [-0.2, -0.15) is 0 Å². The first-order valence-corrected chi connectivity index (χ1v) is 8.77. The van der Waals surface area contributed by atoms with Crippen molar-refractivity contribution in [3.8, 4) is 0 Å². The van der Waals surface area contributed by atoms with E-state index in [4.69, 9.17) is 16.2 Å². The highest BCUT2D eigenvalue weighted by molar-refractivity contribution is 5.75. The molecule has 2 saturated carbocycles. The Morgan fingerprint density at radius 2 is 1.96 bits per heavy atom. The van der Waals surface area contributed by atoms with Crippen LogP contribution < -0.4 is 11.5 Å². The topological polar surface area (TPSA) is 98.6 Å². The van der Waals surface area contributed by atoms with Crippen molar-refractivity contribution in [2.45, 2.75) is 31.3 Å². The van der Waals surface area contributed by atoms with Crippen molar-refractivity contribution < 1.29 is 14.6 Å². The van der Waals surface area contributed by atoms with E-state index in [2.05, 4.69) is 18.2 Å². The maximum atomic E-state index is 12.3. The number of allylic oxidation sites excluding steroid dienone is 1. The molecule has 23 heavy (non-hydrogen) atoms. The van der Waals surface area contributed by atoms with Gasteiger partial charge in [-0.3, -0.25) is 4.79 Å². The molecule has 0 aromatic rings. The number of fused-ring (bicyclic) bond motifs is 4. The monoisotopic (exact) mass is 318 g/mol. The number of carbonyl (C=O) groups excluding carboxylic acids is 1. The minimum atomic E-state index is -0.169. The molecule has 0 aliphatic heterocycles. The molecule has 8 atom stereocenters. The molecular weight excluding hydrogens is 292 g/mol. The largest absolute Gasteiger partial charge is 0.465 e. The van der Waals surface area contributed by atoms with Gasteiger partial charge in [-0.25, -0.2) is 0 Å². The average Bonchev–Trinajstić information content (AvgIpc) is 3.26. The molecule has 0 saturated heterocycles. The van der Waals surface area contributed by atoms with Crippen molar-refractivity contribution in [2.24, 2.45) is 47.0 Å². The molecule has 8 unspecified atom stereocenters. The Morgan fingerprint density at radius 1 is 1.17 bits per heavy atom. The molecule has 126 valence electrons. The van der Waals surface area contributed by atoms with Crippen molar-refractivity contribution in [1.82, 2.24) is 0 Å². The first-order chi connectivity index (χ1) is 11.1. The third-order valence-electron chi connectivity index (χ3n) is 6.57. The summed E-state index contributed by atoms with van der Waals surface area (Å²) in [6.07, 6.45) is 9.27. The standard InChI is InChI=1S/C18H26N2O3/c19-16-12-5-9(13(7-12)14(16)8-21)3-4-23-18(22)15-10-1-2-11(6-10)17(15)20/h1-2,5,10-17,21H,3-4,6-8,19-20H2. The number of esters is 1. The Bertz CT molecular complexity index is 558. The van der Waals surface area contributed by atoms with E-state index >= 15 is 0 Å². The first-order valence-electron chi connectivity index (χ1n) is 8.77. The molecule has 5 N–H and O–H groups in total. The summed E-state index contributed by atoms with van der Waals surface area (Å²) < 4.78 is 5.53. The van der Waals surface area contributed by atoms with Gasteiger partial charge in [0.2, 0.25) is 0 Å². The van der Waals surface area contributed by atoms with Gasteiger partial charge in [-0.05, 0) is 36.5 Å². The fraction of sp³-hybridized carbons (Fsp3) is 0.722. The van der Waals surface area contributed by atoms with Crippen LogP contribution in [0.5, 0.6) is 0 Å². The van der Waals surface area contributed by atoms with E-state index in [-0.39, 0.29) is 42.4 Å². The van der Waals surface area contributed by atoms with Crippen LogP contribution in [0.4, 0.5) is 0 Å². The molecule has 0 amide bonds. The predicted octanol–water partition coefficient (Wildman–Crippen LogP) is 0.581. The number of carbonyl (C=O) groups is 1. The molecule has 4 aliphatic rings. The van der Waals surface area contributed by atoms with Crippen LogP contribution in [0.25, 0.3) is 0 Å². The zero-order chi connectivity index (χ0) is 16.1. The number of ether oxygens (including phenoxy) is 1. The van der Waals surface area contributed by atoms with Crippen LogP contribution in [-0.2, 0) is 9.53 Å². The van der Waals surface area contributed by atoms with Crippen molar-refractivity contribution in [3.05, 3.63) is 23.8 Å². The van der Waals surface area contributed by atoms with Gasteiger partial charge in [0.05, 0.1) is 12.5 Å². The summed E-state index contributed by atoms with van der Waals surface area (Å²) in [6.45, 7) is 0.553. The fourth-order valence-electron chi connectivity index (χ4n) is 5.29. The van der Waals surface area contributed by atoms with E-state index in [0.717, 1.165) is 19.3 Å². The van der Waals surface area contributed by atoms with Gasteiger partial charge in [0, 0.05) is 31.0 Å². The molecule has 0 heterocycles. The Hall–Kier alpha value is -1.17. The molecule has 5 nitrogen and oxygen atoms in total. The third-order valence-corrected chi connectivity index (χ3v) is 6.57. The Balaban J connectivity index is 1.30. The van der Waals surface area contributed by atoms with E-state index in [1.165, 1.54) is 5.57 Å². The summed E-state index contributed by atoms with van der Waals surface area (Å²) in [4.78, 5) is 12.3. The second kappa shape index (κ2) is 5.72. The molecule has 5 heteroatoms. The SMILES string of the molecule is NC1C2C=C(CCOC(=O)C3C4C=CC(C4)C3N)C(C2)C1CO. The summed E-state index contributed by atoms with van der Waals surface area (Å²) >= 11 is 0. The average molecular weight is 318 g/mol. The van der Waals surface area contributed by atoms with Crippen molar-refractivity contribution >= 4 is 5.97 Å². The fourth-order valence-corrected chi connectivity index (χ4v) is 5.29. The smallest absolute Gasteiger partial charge is 0.311 e. The van der Waals surface area contributed by atoms with Crippen LogP contribution in [-0.4, -0.2) is 36.4 Å². The molecule has 0 aromatic carbocycles. The molecule has 4 bridgehead atoms. The zero-order valence-electron chi connectivity index (χ0n) is 13.3. The Kier molecular flexibility index (Phi) is 3.82. The second-order valence-corrected chi connectivity index (χ2v) is 7.64. The highest BCUT2D eigenvalue weighted by Gasteiger charge is 2.48. The summed E-state index contributed by atoms with van der Waals surface area (Å²) in [5.41, 5.74) is 13.6. The van der Waals surface area contributed by atoms with Crippen LogP contribution in [0.2, 0.25) is 0 Å². The van der Waals surface area contributed by atoms with Crippen molar-refractivity contribution in [3.63, 3.8) is 0 Å². The molecule has 4 aliphatic carbocycles. The summed E-state index contributed by atoms with van der Waals surface area (Å²) in [6, 6.07) is -0.00824. The highest BCUT2D eigenvalue weighted by atomic mass is 16.5. The summed E-state index contributed by atoms with van der Waals surface area (Å²) in [5.74, 6) is 1.21. The van der Waals surface area contributed by atoms with E-state index in [0.29, 0.717) is 24.4 Å². The number of aliphatic hydroxyl groups is 1. The Labute approximate surface area is 136 Å². The minimum absolute atomic E-state index is 0.0788. The van der Waals surface area contributed by atoms with Crippen LogP contribution in [0.15, 0.2) is 23.8 Å². The lowest BCUT2D eigenvalue weighted by molar-refractivity contribution is -0.149. The van der Waals surface area contributed by atoms with Crippen LogP contribution in [0.3, 0.4) is 0 Å². The van der Waals surface area contributed by atoms with Gasteiger partial charge in [0.15, 0.2) is 0 Å². The third kappa shape index (κ3) is 2.37. The maximum Gasteiger partial charge on any atom is 0.311 e. The minimum Gasteiger partial charge on any atom is -0.465 e. The predicted molar refractivity (Wildman–Crippen MR) is 86.0 cm³/mol. The summed E-state index contributed by atoms with van der Waals surface area (Å²) in [7, 11) is 0. The van der Waals surface area contributed by atoms with Gasteiger partial charge in [-0.15, -0.1) is 0 Å². The van der Waals surface area contributed by atoms with E-state index in [1.807, 2.05) is 0 Å². The van der Waals surface area contributed by atoms with Gasteiger partial charge in [0.25, 0.3) is 0 Å². The summed E-state index contributed by atoms with van der Waals surface area (Å²) in [5, 5.41) is 9.51. The van der Waals surface area contributed by atoms with Crippen LogP contribution >= 0.6 is 0 Å². The first kappa shape index (κ1) is 15.4. The number of rotatable bonds is 5. The van der Waals surface area contributed by atoms with Gasteiger partial charge >= 0.3 is 5.97 Å². The van der Waals surface area contributed by atoms with Gasteiger partial charge in [0.1, 0.15) is 0 Å². The lowest BCUT2D eigenvalue weighted by Gasteiger charge is -2.27. The van der Waals surface area contributed by atoms with Crippen LogP contribution in [0, 0.1) is 35.5 Å². The second-order valence-electron chi connectivity index (χ2n) is 7.64. The van der Waals surface area contributed by atoms with Gasteiger partial charge in [-0.1, -0.05) is 23.8 Å². The zero-order valence-corrected chi connectivity index (χ0v) is 13.3. The number of nitrogens with two attached hydrogens (primary N) is 2. The molecule has 0 aromatic heterocycles. The molecular formula is C18H26N2O3. The highest BCUT2D eigenvalue weighted by Crippen LogP contribution is 2.48. The van der Waals surface area contributed by atoms with E-state index in [9.17, 15) is 9.90 Å². The molecule has 0 spiro atoms. The number of aliphatic hydroxyl groups excluding tert-OH is 1. The Morgan fingerprint density at radius 3 is 2.61 bits per heavy atom. The lowest BCUT2D eigenvalue weighted by Crippen LogP contribution is -2.39. The molecule has 0 radical (unpaired) electrons. The number of hydrogen-bond donors (Lipinski definition) is 3. The number of hydrogen-bond acceptors (Lipinski definition) is 5. The van der Waals surface area contributed by atoms with Crippen LogP contribution in [0.1, 0.15) is 19.3 Å². The van der Waals surface area contributed by atoms with Crippen molar-refractivity contribution in [2.75, 3.05) is 13.2 Å². The van der Waals surface area contributed by atoms with Crippen molar-refractivity contribution in [1.29, 1.82) is 0 Å². The van der Waals surface area contributed by atoms with E-state index < -0.39 is 0 Å². The lowest BCUT2D eigenvalue weighted by atomic mass is 9.84. The molecule has 2 fully saturated rings. The normalized spacial score (nSPS) is 46.5. The van der Waals surface area contributed by atoms with E-state index in [1.54, 1.807) is 0 Å². The van der Waals surface area contributed by atoms with Gasteiger partial charge < -0.3 is 21.3 Å².